The third-order valence-electron chi connectivity index (χ3n) is 1.29. The van der Waals surface area contributed by atoms with Gasteiger partial charge in [0.1, 0.15) is 22.6 Å². The number of nitrogens with two attached hydrogens (primary N) is 1. The Labute approximate surface area is 87.0 Å². The molecule has 0 saturated heterocycles. The number of halogens is 4. The average Bonchev–Trinajstić information content (AvgIpc) is 2.10. The van der Waals surface area contributed by atoms with E-state index in [-0.39, 0.29) is 5.69 Å². The third kappa shape index (κ3) is 2.89. The molecule has 15 heavy (non-hydrogen) atoms. The van der Waals surface area contributed by atoms with Crippen molar-refractivity contribution < 1.29 is 17.9 Å². The minimum absolute atomic E-state index is 0.309. The molecule has 4 nitrogen and oxygen atoms in total. The number of pyridine rings is 1. The summed E-state index contributed by atoms with van der Waals surface area (Å²) in [5.41, 5.74) is 4.87. The van der Waals surface area contributed by atoms with Gasteiger partial charge in [0.25, 0.3) is 0 Å². The Morgan fingerprint density at radius 2 is 2.13 bits per heavy atom. The van der Waals surface area contributed by atoms with Crippen molar-refractivity contribution in [3.63, 3.8) is 0 Å². The molecule has 0 aliphatic rings. The lowest BCUT2D eigenvalue weighted by Gasteiger charge is -2.10. The molecule has 0 atom stereocenters. The molecule has 2 N–H and O–H groups in total. The van der Waals surface area contributed by atoms with Crippen LogP contribution < -0.4 is 10.5 Å². The van der Waals surface area contributed by atoms with Crippen molar-refractivity contribution in [1.29, 1.82) is 5.26 Å². The maximum absolute atomic E-state index is 11.9. The molecule has 1 aromatic heterocycles. The van der Waals surface area contributed by atoms with E-state index in [0.29, 0.717) is 0 Å². The summed E-state index contributed by atoms with van der Waals surface area (Å²) in [6.45, 7) is 0. The number of alkyl halides is 3. The molecule has 0 bridgehead atoms. The first kappa shape index (κ1) is 11.4. The summed E-state index contributed by atoms with van der Waals surface area (Å²) in [7, 11) is 0. The highest BCUT2D eigenvalue weighted by atomic mass is 35.5. The van der Waals surface area contributed by atoms with Crippen LogP contribution in [0.1, 0.15) is 5.69 Å². The van der Waals surface area contributed by atoms with Crippen molar-refractivity contribution in [2.75, 3.05) is 5.73 Å². The number of nitriles is 1. The third-order valence-corrected chi connectivity index (χ3v) is 1.67. The first-order valence-electron chi connectivity index (χ1n) is 3.45. The van der Waals surface area contributed by atoms with Gasteiger partial charge in [0.05, 0.1) is 0 Å². The second kappa shape index (κ2) is 3.82. The van der Waals surface area contributed by atoms with Gasteiger partial charge in [0.15, 0.2) is 5.75 Å². The molecule has 0 radical (unpaired) electrons. The lowest BCUT2D eigenvalue weighted by molar-refractivity contribution is -0.274. The van der Waals surface area contributed by atoms with E-state index in [1.807, 2.05) is 0 Å². The van der Waals surface area contributed by atoms with Crippen LogP contribution in [0.15, 0.2) is 6.07 Å². The summed E-state index contributed by atoms with van der Waals surface area (Å²) in [6, 6.07) is 2.28. The highest BCUT2D eigenvalue weighted by Gasteiger charge is 2.32. The molecular formula is C7H3ClF3N3O. The average molecular weight is 238 g/mol. The number of aromatic nitrogens is 1. The Bertz CT molecular complexity index is 427. The molecule has 8 heteroatoms. The minimum atomic E-state index is -4.90. The van der Waals surface area contributed by atoms with E-state index >= 15 is 0 Å². The summed E-state index contributed by atoms with van der Waals surface area (Å²) in [4.78, 5) is 3.42. The van der Waals surface area contributed by atoms with Crippen LogP contribution >= 0.6 is 11.6 Å². The fraction of sp³-hybridized carbons (Fsp3) is 0.143. The van der Waals surface area contributed by atoms with E-state index < -0.39 is 23.0 Å². The molecule has 0 aromatic carbocycles. The van der Waals surface area contributed by atoms with Crippen LogP contribution in [-0.4, -0.2) is 11.3 Å². The van der Waals surface area contributed by atoms with Gasteiger partial charge in [-0.1, -0.05) is 11.6 Å². The second-order valence-electron chi connectivity index (χ2n) is 2.36. The normalized spacial score (nSPS) is 10.9. The Kier molecular flexibility index (Phi) is 2.90. The van der Waals surface area contributed by atoms with Crippen LogP contribution in [0.25, 0.3) is 0 Å². The smallest absolute Gasteiger partial charge is 0.404 e. The molecular weight excluding hydrogens is 235 g/mol. The van der Waals surface area contributed by atoms with E-state index in [0.717, 1.165) is 6.07 Å². The Morgan fingerprint density at radius 3 is 2.60 bits per heavy atom. The van der Waals surface area contributed by atoms with Gasteiger partial charge in [0.2, 0.25) is 0 Å². The van der Waals surface area contributed by atoms with Crippen molar-refractivity contribution >= 4 is 17.4 Å². The Hall–Kier alpha value is -1.68. The Balaban J connectivity index is 3.18. The molecule has 1 aromatic rings. The molecule has 1 heterocycles. The van der Waals surface area contributed by atoms with Gasteiger partial charge in [-0.2, -0.15) is 5.26 Å². The molecule has 0 aliphatic carbocycles. The molecule has 0 aliphatic heterocycles. The van der Waals surface area contributed by atoms with Gasteiger partial charge in [-0.25, -0.2) is 4.98 Å². The predicted octanol–water partition coefficient (Wildman–Crippen LogP) is 2.09. The zero-order valence-electron chi connectivity index (χ0n) is 6.97. The summed E-state index contributed by atoms with van der Waals surface area (Å²) in [6.07, 6.45) is -4.90. The van der Waals surface area contributed by atoms with Gasteiger partial charge in [0, 0.05) is 6.07 Å². The number of anilines is 1. The minimum Gasteiger partial charge on any atom is -0.404 e. The fourth-order valence-electron chi connectivity index (χ4n) is 0.781. The molecule has 0 fully saturated rings. The van der Waals surface area contributed by atoms with Crippen molar-refractivity contribution in [3.05, 3.63) is 16.8 Å². The van der Waals surface area contributed by atoms with E-state index in [2.05, 4.69) is 9.72 Å². The van der Waals surface area contributed by atoms with E-state index in [1.165, 1.54) is 6.07 Å². The number of rotatable bonds is 1. The Morgan fingerprint density at radius 1 is 1.53 bits per heavy atom. The lowest BCUT2D eigenvalue weighted by Crippen LogP contribution is -2.18. The summed E-state index contributed by atoms with van der Waals surface area (Å²) < 4.78 is 39.1. The summed E-state index contributed by atoms with van der Waals surface area (Å²) in [5, 5.41) is 7.95. The zero-order chi connectivity index (χ0) is 11.6. The first-order valence-corrected chi connectivity index (χ1v) is 3.83. The van der Waals surface area contributed by atoms with Gasteiger partial charge in [-0.15, -0.1) is 13.2 Å². The molecule has 0 spiro atoms. The predicted molar refractivity (Wildman–Crippen MR) is 45.1 cm³/mol. The number of hydrogen-bond acceptors (Lipinski definition) is 4. The number of ether oxygens (including phenoxy) is 1. The van der Waals surface area contributed by atoms with Gasteiger partial charge >= 0.3 is 6.36 Å². The van der Waals surface area contributed by atoms with Crippen LogP contribution in [0.3, 0.4) is 0 Å². The maximum atomic E-state index is 11.9. The van der Waals surface area contributed by atoms with Crippen molar-refractivity contribution in [2.24, 2.45) is 0 Å². The lowest BCUT2D eigenvalue weighted by atomic mass is 10.3. The van der Waals surface area contributed by atoms with Crippen molar-refractivity contribution in [3.8, 4) is 11.8 Å². The summed E-state index contributed by atoms with van der Waals surface area (Å²) in [5.74, 6) is -1.14. The van der Waals surface area contributed by atoms with Crippen LogP contribution in [0.4, 0.5) is 19.0 Å². The van der Waals surface area contributed by atoms with Crippen molar-refractivity contribution in [1.82, 2.24) is 4.98 Å². The van der Waals surface area contributed by atoms with E-state index in [9.17, 15) is 13.2 Å². The van der Waals surface area contributed by atoms with E-state index in [4.69, 9.17) is 22.6 Å². The second-order valence-corrected chi connectivity index (χ2v) is 2.74. The highest BCUT2D eigenvalue weighted by Crippen LogP contribution is 2.33. The molecule has 80 valence electrons. The van der Waals surface area contributed by atoms with Gasteiger partial charge in [-0.05, 0) is 0 Å². The summed E-state index contributed by atoms with van der Waals surface area (Å²) >= 11 is 5.41. The monoisotopic (exact) mass is 237 g/mol. The quantitative estimate of drug-likeness (QED) is 0.812. The largest absolute Gasteiger partial charge is 0.573 e. The number of nitrogen functional groups attached to an aromatic ring is 1. The SMILES string of the molecule is N#Cc1cc(OC(F)(F)F)c(Cl)c(N)n1. The highest BCUT2D eigenvalue weighted by molar-refractivity contribution is 6.34. The topological polar surface area (TPSA) is 71.9 Å². The number of hydrogen-bond donors (Lipinski definition) is 1. The molecule has 0 unspecified atom stereocenters. The van der Waals surface area contributed by atoms with Crippen LogP contribution in [0.5, 0.6) is 5.75 Å². The van der Waals surface area contributed by atoms with Crippen LogP contribution in [0.2, 0.25) is 5.02 Å². The number of nitrogens with zero attached hydrogens (tertiary/aromatic N) is 2. The van der Waals surface area contributed by atoms with Gasteiger partial charge < -0.3 is 10.5 Å². The zero-order valence-corrected chi connectivity index (χ0v) is 7.73. The van der Waals surface area contributed by atoms with Gasteiger partial charge in [-0.3, -0.25) is 0 Å². The maximum Gasteiger partial charge on any atom is 0.573 e. The molecule has 0 saturated carbocycles. The standard InChI is InChI=1S/C7H3ClF3N3O/c8-5-4(15-7(9,10)11)1-3(2-12)14-6(5)13/h1H,(H2,13,14). The molecule has 1 rings (SSSR count). The van der Waals surface area contributed by atoms with Crippen LogP contribution in [-0.2, 0) is 0 Å². The molecule has 0 amide bonds. The van der Waals surface area contributed by atoms with E-state index in [1.54, 1.807) is 0 Å². The fourth-order valence-corrected chi connectivity index (χ4v) is 0.916. The van der Waals surface area contributed by atoms with Crippen molar-refractivity contribution in [2.45, 2.75) is 6.36 Å². The van der Waals surface area contributed by atoms with Crippen LogP contribution in [0, 0.1) is 11.3 Å². The first-order chi connectivity index (χ1) is 6.83.